The van der Waals surface area contributed by atoms with E-state index < -0.39 is 11.8 Å². The Kier molecular flexibility index (Phi) is 6.60. The fourth-order valence-corrected chi connectivity index (χ4v) is 4.36. The normalized spacial score (nSPS) is 11.7. The van der Waals surface area contributed by atoms with Gasteiger partial charge < -0.3 is 9.67 Å². The molecule has 0 saturated carbocycles. The van der Waals surface area contributed by atoms with Crippen LogP contribution in [0.2, 0.25) is 10.0 Å². The lowest BCUT2D eigenvalue weighted by Crippen LogP contribution is -2.00. The van der Waals surface area contributed by atoms with Gasteiger partial charge in [-0.05, 0) is 85.8 Å². The summed E-state index contributed by atoms with van der Waals surface area (Å²) in [7, 11) is 0. The van der Waals surface area contributed by atoms with Crippen molar-refractivity contribution in [3.8, 4) is 17.1 Å². The number of aliphatic carboxylic acids is 1. The number of carboxylic acid groups (broad SMARTS) is 1. The van der Waals surface area contributed by atoms with E-state index in [9.17, 15) is 14.3 Å². The molecule has 4 rings (SSSR count). The van der Waals surface area contributed by atoms with E-state index in [1.165, 1.54) is 12.1 Å². The molecular formula is C23H17Cl2FN4O2S. The van der Waals surface area contributed by atoms with E-state index in [1.807, 2.05) is 24.5 Å². The molecule has 0 aliphatic carbocycles. The van der Waals surface area contributed by atoms with Crippen LogP contribution < -0.4 is 0 Å². The molecule has 2 N–H and O–H groups in total. The lowest BCUT2D eigenvalue weighted by molar-refractivity contribution is -0.131. The maximum atomic E-state index is 13.6. The predicted molar refractivity (Wildman–Crippen MR) is 129 cm³/mol. The number of aromatic nitrogens is 4. The Morgan fingerprint density at radius 1 is 1.15 bits per heavy atom. The maximum absolute atomic E-state index is 13.6. The fourth-order valence-electron chi connectivity index (χ4n) is 3.36. The predicted octanol–water partition coefficient (Wildman–Crippen LogP) is 6.54. The van der Waals surface area contributed by atoms with Crippen molar-refractivity contribution in [3.63, 3.8) is 0 Å². The number of carbonyl (C=O) groups is 1. The molecule has 0 fully saturated rings. The van der Waals surface area contributed by atoms with Crippen molar-refractivity contribution in [1.82, 2.24) is 19.7 Å². The van der Waals surface area contributed by atoms with Gasteiger partial charge >= 0.3 is 5.97 Å². The van der Waals surface area contributed by atoms with Gasteiger partial charge in [0, 0.05) is 27.7 Å². The third kappa shape index (κ3) is 4.98. The summed E-state index contributed by atoms with van der Waals surface area (Å²) in [5.74, 6) is -1.10. The number of aromatic amines is 1. The third-order valence-corrected chi connectivity index (χ3v) is 6.33. The van der Waals surface area contributed by atoms with Gasteiger partial charge in [-0.25, -0.2) is 14.2 Å². The van der Waals surface area contributed by atoms with Gasteiger partial charge in [-0.1, -0.05) is 23.2 Å². The maximum Gasteiger partial charge on any atom is 0.342 e. The first-order valence-electron chi connectivity index (χ1n) is 9.68. The van der Waals surface area contributed by atoms with Gasteiger partial charge in [0.2, 0.25) is 5.16 Å². The van der Waals surface area contributed by atoms with Gasteiger partial charge in [0.25, 0.3) is 0 Å². The Labute approximate surface area is 203 Å². The number of hydrogen-bond donors (Lipinski definition) is 2. The molecule has 0 radical (unpaired) electrons. The number of H-pyrrole nitrogens is 1. The van der Waals surface area contributed by atoms with E-state index in [-0.39, 0.29) is 15.1 Å². The van der Waals surface area contributed by atoms with E-state index >= 15 is 0 Å². The molecule has 0 bridgehead atoms. The van der Waals surface area contributed by atoms with E-state index in [2.05, 4.69) is 15.2 Å². The second-order valence-corrected chi connectivity index (χ2v) is 9.00. The molecule has 2 heterocycles. The van der Waals surface area contributed by atoms with Crippen molar-refractivity contribution in [3.05, 3.63) is 86.2 Å². The summed E-state index contributed by atoms with van der Waals surface area (Å²) in [4.78, 5) is 16.4. The first-order chi connectivity index (χ1) is 15.7. The Morgan fingerprint density at radius 3 is 2.55 bits per heavy atom. The largest absolute Gasteiger partial charge is 0.477 e. The summed E-state index contributed by atoms with van der Waals surface area (Å²) in [6.07, 6.45) is 1.56. The molecular weight excluding hydrogens is 486 g/mol. The molecule has 0 spiro atoms. The van der Waals surface area contributed by atoms with E-state index in [0.29, 0.717) is 22.1 Å². The minimum absolute atomic E-state index is 0.0139. The standard InChI is InChI=1S/C23H17Cl2FN4O2S/c1-12-9-15(13(2)30(12)17-7-8-19(26)18(25)11-17)10-20(22(31)32)33-23-27-21(28-29-23)14-3-5-16(24)6-4-14/h3-11H,1-2H3,(H,31,32)(H,27,28,29)/b20-10-. The molecule has 0 aliphatic heterocycles. The van der Waals surface area contributed by atoms with Crippen molar-refractivity contribution in [2.45, 2.75) is 19.0 Å². The van der Waals surface area contributed by atoms with Crippen LogP contribution in [0.5, 0.6) is 0 Å². The first-order valence-corrected chi connectivity index (χ1v) is 11.3. The first kappa shape index (κ1) is 23.1. The fraction of sp³-hybridized carbons (Fsp3) is 0.0870. The number of aryl methyl sites for hydroxylation is 1. The minimum Gasteiger partial charge on any atom is -0.477 e. The Morgan fingerprint density at radius 2 is 1.88 bits per heavy atom. The Balaban J connectivity index is 1.65. The Hall–Kier alpha value is -3.07. The zero-order valence-corrected chi connectivity index (χ0v) is 19.8. The van der Waals surface area contributed by atoms with Crippen molar-refractivity contribution in [2.24, 2.45) is 0 Å². The van der Waals surface area contributed by atoms with E-state index in [4.69, 9.17) is 23.2 Å². The van der Waals surface area contributed by atoms with Crippen LogP contribution in [0.15, 0.2) is 58.6 Å². The van der Waals surface area contributed by atoms with Crippen molar-refractivity contribution in [2.75, 3.05) is 0 Å². The molecule has 0 unspecified atom stereocenters. The van der Waals surface area contributed by atoms with E-state index in [0.717, 1.165) is 28.7 Å². The van der Waals surface area contributed by atoms with E-state index in [1.54, 1.807) is 36.4 Å². The van der Waals surface area contributed by atoms with Gasteiger partial charge in [0.1, 0.15) is 10.7 Å². The van der Waals surface area contributed by atoms with Gasteiger partial charge in [0.15, 0.2) is 5.82 Å². The molecule has 0 saturated heterocycles. The molecule has 33 heavy (non-hydrogen) atoms. The number of thioether (sulfide) groups is 1. The number of benzene rings is 2. The lowest BCUT2D eigenvalue weighted by Gasteiger charge is -2.10. The van der Waals surface area contributed by atoms with Crippen LogP contribution >= 0.6 is 35.0 Å². The highest BCUT2D eigenvalue weighted by Crippen LogP contribution is 2.31. The molecule has 2 aromatic heterocycles. The van der Waals surface area contributed by atoms with Gasteiger partial charge in [0.05, 0.1) is 5.02 Å². The highest BCUT2D eigenvalue weighted by molar-refractivity contribution is 8.04. The second kappa shape index (κ2) is 9.43. The summed E-state index contributed by atoms with van der Waals surface area (Å²) in [5.41, 5.74) is 3.79. The Bertz CT molecular complexity index is 1380. The van der Waals surface area contributed by atoms with Gasteiger partial charge in [-0.2, -0.15) is 0 Å². The molecule has 0 atom stereocenters. The van der Waals surface area contributed by atoms with Gasteiger partial charge in [-0.3, -0.25) is 5.10 Å². The number of hydrogen-bond acceptors (Lipinski definition) is 4. The lowest BCUT2D eigenvalue weighted by atomic mass is 10.2. The van der Waals surface area contributed by atoms with Crippen LogP contribution in [0, 0.1) is 19.7 Å². The monoisotopic (exact) mass is 502 g/mol. The van der Waals surface area contributed by atoms with Crippen LogP contribution in [0.1, 0.15) is 17.0 Å². The average Bonchev–Trinajstić information content (AvgIpc) is 3.34. The number of nitrogens with one attached hydrogen (secondary N) is 1. The summed E-state index contributed by atoms with van der Waals surface area (Å²) in [5, 5.41) is 17.6. The third-order valence-electron chi connectivity index (χ3n) is 4.91. The molecule has 10 heteroatoms. The molecule has 168 valence electrons. The van der Waals surface area contributed by atoms with Crippen molar-refractivity contribution >= 4 is 47.0 Å². The highest BCUT2D eigenvalue weighted by Gasteiger charge is 2.17. The molecule has 6 nitrogen and oxygen atoms in total. The number of rotatable bonds is 6. The smallest absolute Gasteiger partial charge is 0.342 e. The zero-order chi connectivity index (χ0) is 23.7. The average molecular weight is 503 g/mol. The molecule has 2 aromatic carbocycles. The highest BCUT2D eigenvalue weighted by atomic mass is 35.5. The van der Waals surface area contributed by atoms with Crippen LogP contribution in [0.3, 0.4) is 0 Å². The van der Waals surface area contributed by atoms with Crippen LogP contribution in [0.4, 0.5) is 4.39 Å². The minimum atomic E-state index is -1.10. The number of halogens is 3. The molecule has 0 amide bonds. The topological polar surface area (TPSA) is 83.8 Å². The zero-order valence-electron chi connectivity index (χ0n) is 17.4. The summed E-state index contributed by atoms with van der Waals surface area (Å²) < 4.78 is 15.5. The second-order valence-electron chi connectivity index (χ2n) is 7.15. The van der Waals surface area contributed by atoms with Crippen LogP contribution in [-0.2, 0) is 4.79 Å². The summed E-state index contributed by atoms with van der Waals surface area (Å²) in [6, 6.07) is 13.4. The van der Waals surface area contributed by atoms with Crippen LogP contribution in [-0.4, -0.2) is 30.8 Å². The molecule has 0 aliphatic rings. The quantitative estimate of drug-likeness (QED) is 0.231. The number of carboxylic acids is 1. The summed E-state index contributed by atoms with van der Waals surface area (Å²) >= 11 is 12.8. The van der Waals surface area contributed by atoms with Crippen LogP contribution in [0.25, 0.3) is 23.2 Å². The summed E-state index contributed by atoms with van der Waals surface area (Å²) in [6.45, 7) is 3.73. The van der Waals surface area contributed by atoms with Gasteiger partial charge in [-0.15, -0.1) is 5.10 Å². The molecule has 4 aromatic rings. The van der Waals surface area contributed by atoms with Crippen molar-refractivity contribution < 1.29 is 14.3 Å². The van der Waals surface area contributed by atoms with Crippen molar-refractivity contribution in [1.29, 1.82) is 0 Å². The number of nitrogens with zero attached hydrogens (tertiary/aromatic N) is 3. The SMILES string of the molecule is Cc1cc(/C=C(\Sc2n[nH]c(-c3ccc(Cl)cc3)n2)C(=O)O)c(C)n1-c1ccc(F)c(Cl)c1.